The first-order chi connectivity index (χ1) is 8.76. The molecule has 0 spiro atoms. The summed E-state index contributed by atoms with van der Waals surface area (Å²) in [4.78, 5) is 9.69. The number of nitrogens with zero attached hydrogens (tertiary/aromatic N) is 5. The number of nitrogen functional groups attached to an aromatic ring is 1. The van der Waals surface area contributed by atoms with Crippen LogP contribution < -0.4 is 11.3 Å². The van der Waals surface area contributed by atoms with Gasteiger partial charge in [-0.15, -0.1) is 0 Å². The lowest BCUT2D eigenvalue weighted by atomic mass is 10.6. The van der Waals surface area contributed by atoms with Crippen LogP contribution in [0.4, 0.5) is 5.82 Å². The summed E-state index contributed by atoms with van der Waals surface area (Å²) in [5, 5.41) is 4.90. The number of nitrogens with two attached hydrogens (primary N) is 1. The summed E-state index contributed by atoms with van der Waals surface area (Å²) in [6.45, 7) is 0. The molecule has 7 nitrogen and oxygen atoms in total. The summed E-state index contributed by atoms with van der Waals surface area (Å²) in [5.41, 5.74) is 3.34. The molecule has 3 rings (SSSR count). The van der Waals surface area contributed by atoms with E-state index in [-0.39, 0.29) is 0 Å². The third-order valence-corrected chi connectivity index (χ3v) is 3.30. The molecule has 0 amide bonds. The molecule has 0 aliphatic heterocycles. The third kappa shape index (κ3) is 1.91. The van der Waals surface area contributed by atoms with Gasteiger partial charge in [-0.25, -0.2) is 15.8 Å². The van der Waals surface area contributed by atoms with Gasteiger partial charge in [0, 0.05) is 25.6 Å². The highest BCUT2D eigenvalue weighted by Gasteiger charge is 2.09. The first kappa shape index (κ1) is 11.1. The van der Waals surface area contributed by atoms with Crippen LogP contribution in [-0.2, 0) is 7.05 Å². The van der Waals surface area contributed by atoms with E-state index in [1.165, 1.54) is 11.8 Å². The van der Waals surface area contributed by atoms with Gasteiger partial charge in [-0.3, -0.25) is 4.68 Å². The van der Waals surface area contributed by atoms with Crippen molar-refractivity contribution in [1.82, 2.24) is 24.1 Å². The lowest BCUT2D eigenvalue weighted by Crippen LogP contribution is -2.10. The predicted octanol–water partition coefficient (Wildman–Crippen LogP) is 0.900. The van der Waals surface area contributed by atoms with Crippen LogP contribution in [0.3, 0.4) is 0 Å². The average molecular weight is 261 g/mol. The van der Waals surface area contributed by atoms with E-state index in [2.05, 4.69) is 20.5 Å². The molecule has 0 aromatic carbocycles. The minimum Gasteiger partial charge on any atom is -0.307 e. The van der Waals surface area contributed by atoms with Gasteiger partial charge in [0.25, 0.3) is 0 Å². The standard InChI is InChI=1S/C10H11N7S/c1-16-5-7(4-13-16)18-10-9-12-2-3-17(9)6-8(14-10)15-11/h2-6,15H,11H2,1H3. The maximum absolute atomic E-state index is 5.40. The highest BCUT2D eigenvalue weighted by atomic mass is 32.2. The Hall–Kier alpha value is -2.06. The maximum Gasteiger partial charge on any atom is 0.170 e. The summed E-state index contributed by atoms with van der Waals surface area (Å²) in [5.74, 6) is 5.99. The quantitative estimate of drug-likeness (QED) is 0.538. The molecular weight excluding hydrogens is 250 g/mol. The maximum atomic E-state index is 5.40. The Labute approximate surface area is 107 Å². The SMILES string of the molecule is Cn1cc(Sc2nc(NN)cn3ccnc23)cn1. The molecule has 0 unspecified atom stereocenters. The van der Waals surface area contributed by atoms with Gasteiger partial charge < -0.3 is 9.83 Å². The van der Waals surface area contributed by atoms with E-state index in [0.717, 1.165) is 15.6 Å². The number of hydrazine groups is 1. The number of nitrogens with one attached hydrogen (secondary N) is 1. The van der Waals surface area contributed by atoms with Crippen molar-refractivity contribution in [1.29, 1.82) is 0 Å². The summed E-state index contributed by atoms with van der Waals surface area (Å²) in [7, 11) is 1.88. The molecule has 0 aliphatic carbocycles. The molecule has 0 saturated heterocycles. The molecule has 0 bridgehead atoms. The van der Waals surface area contributed by atoms with Crippen molar-refractivity contribution < 1.29 is 0 Å². The van der Waals surface area contributed by atoms with Crippen LogP contribution in [0, 0.1) is 0 Å². The molecule has 3 aromatic heterocycles. The van der Waals surface area contributed by atoms with Gasteiger partial charge in [-0.1, -0.05) is 11.8 Å². The van der Waals surface area contributed by atoms with E-state index in [0.29, 0.717) is 5.82 Å². The number of fused-ring (bicyclic) bond motifs is 1. The largest absolute Gasteiger partial charge is 0.307 e. The molecule has 0 aliphatic rings. The summed E-state index contributed by atoms with van der Waals surface area (Å²) in [6.07, 6.45) is 9.08. The fourth-order valence-electron chi connectivity index (χ4n) is 1.60. The Morgan fingerprint density at radius 3 is 3.00 bits per heavy atom. The normalized spacial score (nSPS) is 11.0. The number of hydrogen-bond acceptors (Lipinski definition) is 6. The van der Waals surface area contributed by atoms with E-state index in [4.69, 9.17) is 5.84 Å². The average Bonchev–Trinajstić information content (AvgIpc) is 2.98. The number of imidazole rings is 1. The van der Waals surface area contributed by atoms with E-state index in [1.54, 1.807) is 23.3 Å². The van der Waals surface area contributed by atoms with Crippen LogP contribution in [0.1, 0.15) is 0 Å². The van der Waals surface area contributed by atoms with Crippen LogP contribution in [0.5, 0.6) is 0 Å². The second-order valence-electron chi connectivity index (χ2n) is 3.69. The first-order valence-electron chi connectivity index (χ1n) is 5.23. The van der Waals surface area contributed by atoms with Crippen LogP contribution in [0.2, 0.25) is 0 Å². The lowest BCUT2D eigenvalue weighted by Gasteiger charge is -2.05. The zero-order chi connectivity index (χ0) is 12.5. The van der Waals surface area contributed by atoms with Gasteiger partial charge in [-0.05, 0) is 0 Å². The second kappa shape index (κ2) is 4.31. The molecule has 0 fully saturated rings. The highest BCUT2D eigenvalue weighted by molar-refractivity contribution is 7.99. The number of rotatable bonds is 3. The minimum absolute atomic E-state index is 0.590. The zero-order valence-electron chi connectivity index (χ0n) is 9.61. The van der Waals surface area contributed by atoms with Crippen molar-refractivity contribution in [3.8, 4) is 0 Å². The first-order valence-corrected chi connectivity index (χ1v) is 6.05. The Balaban J connectivity index is 2.06. The lowest BCUT2D eigenvalue weighted by molar-refractivity contribution is 0.766. The van der Waals surface area contributed by atoms with Crippen molar-refractivity contribution in [2.45, 2.75) is 9.92 Å². The number of hydrogen-bond donors (Lipinski definition) is 2. The van der Waals surface area contributed by atoms with Crippen molar-refractivity contribution in [3.63, 3.8) is 0 Å². The molecule has 0 radical (unpaired) electrons. The van der Waals surface area contributed by atoms with Gasteiger partial charge in [0.05, 0.1) is 17.3 Å². The summed E-state index contributed by atoms with van der Waals surface area (Å²) in [6, 6.07) is 0. The molecule has 3 N–H and O–H groups in total. The smallest absolute Gasteiger partial charge is 0.170 e. The number of anilines is 1. The van der Waals surface area contributed by atoms with Gasteiger partial charge in [0.2, 0.25) is 0 Å². The number of aromatic nitrogens is 5. The zero-order valence-corrected chi connectivity index (χ0v) is 10.4. The van der Waals surface area contributed by atoms with Crippen molar-refractivity contribution in [2.75, 3.05) is 5.43 Å². The molecular formula is C10H11N7S. The third-order valence-electron chi connectivity index (χ3n) is 2.39. The van der Waals surface area contributed by atoms with Gasteiger partial charge in [0.1, 0.15) is 5.03 Å². The Morgan fingerprint density at radius 1 is 1.39 bits per heavy atom. The molecule has 3 aromatic rings. The Kier molecular flexibility index (Phi) is 2.65. The van der Waals surface area contributed by atoms with Gasteiger partial charge in [-0.2, -0.15) is 5.10 Å². The predicted molar refractivity (Wildman–Crippen MR) is 68.1 cm³/mol. The fraction of sp³-hybridized carbons (Fsp3) is 0.100. The van der Waals surface area contributed by atoms with E-state index in [1.807, 2.05) is 23.8 Å². The summed E-state index contributed by atoms with van der Waals surface area (Å²) < 4.78 is 3.62. The van der Waals surface area contributed by atoms with Crippen LogP contribution in [-0.4, -0.2) is 24.1 Å². The monoisotopic (exact) mass is 261 g/mol. The number of aryl methyl sites for hydroxylation is 1. The van der Waals surface area contributed by atoms with Gasteiger partial charge in [0.15, 0.2) is 11.5 Å². The van der Waals surface area contributed by atoms with Crippen LogP contribution in [0.15, 0.2) is 40.9 Å². The van der Waals surface area contributed by atoms with Crippen molar-refractivity contribution in [3.05, 3.63) is 31.0 Å². The molecule has 3 heterocycles. The van der Waals surface area contributed by atoms with Crippen LogP contribution in [0.25, 0.3) is 5.65 Å². The molecule has 0 atom stereocenters. The fourth-order valence-corrected chi connectivity index (χ4v) is 2.53. The van der Waals surface area contributed by atoms with E-state index < -0.39 is 0 Å². The molecule has 8 heteroatoms. The minimum atomic E-state index is 0.590. The van der Waals surface area contributed by atoms with E-state index in [9.17, 15) is 0 Å². The van der Waals surface area contributed by atoms with E-state index >= 15 is 0 Å². The highest BCUT2D eigenvalue weighted by Crippen LogP contribution is 2.29. The molecule has 92 valence electrons. The molecule has 0 saturated carbocycles. The van der Waals surface area contributed by atoms with Crippen molar-refractivity contribution in [2.24, 2.45) is 12.9 Å². The second-order valence-corrected chi connectivity index (χ2v) is 4.75. The van der Waals surface area contributed by atoms with Gasteiger partial charge >= 0.3 is 0 Å². The Bertz CT molecular complexity index is 686. The topological polar surface area (TPSA) is 86.1 Å². The molecule has 18 heavy (non-hydrogen) atoms. The van der Waals surface area contributed by atoms with Crippen molar-refractivity contribution >= 4 is 23.2 Å². The summed E-state index contributed by atoms with van der Waals surface area (Å²) >= 11 is 1.50. The van der Waals surface area contributed by atoms with Crippen LogP contribution >= 0.6 is 11.8 Å². The Morgan fingerprint density at radius 2 is 2.28 bits per heavy atom.